The van der Waals surface area contributed by atoms with Crippen LogP contribution in [-0.2, 0) is 0 Å². The smallest absolute Gasteiger partial charge is 0.262 e. The Kier molecular flexibility index (Phi) is 4.65. The third-order valence-corrected chi connectivity index (χ3v) is 3.05. The summed E-state index contributed by atoms with van der Waals surface area (Å²) >= 11 is 1.22. The van der Waals surface area contributed by atoms with Crippen LogP contribution < -0.4 is 10.1 Å². The van der Waals surface area contributed by atoms with Crippen molar-refractivity contribution in [2.24, 2.45) is 0 Å². The molecular formula is C13H11N3O3S. The van der Waals surface area contributed by atoms with Crippen molar-refractivity contribution >= 4 is 22.4 Å². The predicted molar refractivity (Wildman–Crippen MR) is 74.8 cm³/mol. The number of rotatable bonds is 3. The van der Waals surface area contributed by atoms with Gasteiger partial charge in [0.15, 0.2) is 5.13 Å². The maximum Gasteiger partial charge on any atom is 0.262 e. The summed E-state index contributed by atoms with van der Waals surface area (Å²) in [7, 11) is 1.45. The number of nitrogens with zero attached hydrogens (tertiary/aromatic N) is 2. The molecule has 0 spiro atoms. The minimum Gasteiger partial charge on any atom is -0.480 e. The van der Waals surface area contributed by atoms with Crippen LogP contribution in [0, 0.1) is 11.8 Å². The zero-order valence-corrected chi connectivity index (χ0v) is 11.4. The highest BCUT2D eigenvalue weighted by Crippen LogP contribution is 2.20. The van der Waals surface area contributed by atoms with Crippen molar-refractivity contribution in [1.29, 1.82) is 0 Å². The molecule has 102 valence electrons. The third-order valence-electron chi connectivity index (χ3n) is 2.23. The van der Waals surface area contributed by atoms with Gasteiger partial charge >= 0.3 is 0 Å². The number of aliphatic hydroxyl groups excluding tert-OH is 1. The van der Waals surface area contributed by atoms with Gasteiger partial charge in [0.2, 0.25) is 5.88 Å². The van der Waals surface area contributed by atoms with Crippen molar-refractivity contribution in [2.75, 3.05) is 19.0 Å². The number of anilines is 1. The Hall–Kier alpha value is -2.43. The van der Waals surface area contributed by atoms with Crippen molar-refractivity contribution in [1.82, 2.24) is 9.97 Å². The lowest BCUT2D eigenvalue weighted by molar-refractivity contribution is 0.102. The van der Waals surface area contributed by atoms with E-state index in [1.807, 2.05) is 0 Å². The molecule has 7 heteroatoms. The van der Waals surface area contributed by atoms with Crippen LogP contribution in [0.2, 0.25) is 0 Å². The molecular weight excluding hydrogens is 278 g/mol. The van der Waals surface area contributed by atoms with E-state index in [-0.39, 0.29) is 18.4 Å². The minimum absolute atomic E-state index is 0.216. The first-order valence-corrected chi connectivity index (χ1v) is 6.42. The third kappa shape index (κ3) is 3.32. The molecule has 0 bridgehead atoms. The summed E-state index contributed by atoms with van der Waals surface area (Å²) in [6.07, 6.45) is 3.07. The maximum absolute atomic E-state index is 12.1. The maximum atomic E-state index is 12.1. The number of carbonyl (C=O) groups is 1. The molecule has 0 saturated carbocycles. The van der Waals surface area contributed by atoms with Crippen molar-refractivity contribution in [2.45, 2.75) is 0 Å². The van der Waals surface area contributed by atoms with Gasteiger partial charge < -0.3 is 9.84 Å². The summed E-state index contributed by atoms with van der Waals surface area (Å²) < 4.78 is 5.02. The molecule has 2 heterocycles. The van der Waals surface area contributed by atoms with Gasteiger partial charge in [0.25, 0.3) is 5.91 Å². The van der Waals surface area contributed by atoms with E-state index >= 15 is 0 Å². The second kappa shape index (κ2) is 6.65. The lowest BCUT2D eigenvalue weighted by Gasteiger charge is -2.05. The number of thiazole rings is 1. The fraction of sp³-hybridized carbons (Fsp3) is 0.154. The van der Waals surface area contributed by atoms with E-state index in [1.165, 1.54) is 24.6 Å². The van der Waals surface area contributed by atoms with E-state index in [0.29, 0.717) is 15.6 Å². The first-order valence-electron chi connectivity index (χ1n) is 5.60. The molecule has 2 N–H and O–H groups in total. The first kappa shape index (κ1) is 14.0. The summed E-state index contributed by atoms with van der Waals surface area (Å²) in [6.45, 7) is -0.216. The van der Waals surface area contributed by atoms with Crippen LogP contribution in [0.4, 0.5) is 5.13 Å². The summed E-state index contributed by atoms with van der Waals surface area (Å²) in [4.78, 5) is 20.7. The number of hydrogen-bond acceptors (Lipinski definition) is 6. The number of carbonyl (C=O) groups excluding carboxylic acids is 1. The Bertz CT molecular complexity index is 673. The van der Waals surface area contributed by atoms with Gasteiger partial charge in [-0.3, -0.25) is 10.1 Å². The Labute approximate surface area is 119 Å². The van der Waals surface area contributed by atoms with Gasteiger partial charge in [-0.15, -0.1) is 0 Å². The van der Waals surface area contributed by atoms with Gasteiger partial charge in [0.05, 0.1) is 18.2 Å². The Morgan fingerprint density at radius 3 is 3.15 bits per heavy atom. The average Bonchev–Trinajstić information content (AvgIpc) is 2.92. The lowest BCUT2D eigenvalue weighted by atomic mass is 10.2. The van der Waals surface area contributed by atoms with Crippen LogP contribution in [0.5, 0.6) is 5.88 Å². The van der Waals surface area contributed by atoms with Gasteiger partial charge in [-0.1, -0.05) is 23.2 Å². The van der Waals surface area contributed by atoms with E-state index in [0.717, 1.165) is 0 Å². The molecule has 1 amide bonds. The molecule has 6 nitrogen and oxygen atoms in total. The largest absolute Gasteiger partial charge is 0.480 e. The van der Waals surface area contributed by atoms with Gasteiger partial charge in [-0.2, -0.15) is 0 Å². The van der Waals surface area contributed by atoms with E-state index in [2.05, 4.69) is 27.1 Å². The van der Waals surface area contributed by atoms with E-state index < -0.39 is 0 Å². The molecule has 2 aromatic rings. The molecule has 2 aromatic heterocycles. The van der Waals surface area contributed by atoms with Gasteiger partial charge in [0.1, 0.15) is 12.2 Å². The molecule has 0 aliphatic carbocycles. The number of hydrogen-bond donors (Lipinski definition) is 2. The number of pyridine rings is 1. The molecule has 0 saturated heterocycles. The van der Waals surface area contributed by atoms with Crippen molar-refractivity contribution < 1.29 is 14.6 Å². The van der Waals surface area contributed by atoms with Crippen LogP contribution in [0.1, 0.15) is 15.2 Å². The highest BCUT2D eigenvalue weighted by molar-refractivity contribution is 7.16. The standard InChI is InChI=1S/C13H11N3O3S/c1-19-12-10(5-2-6-14-12)11(18)16-13-15-8-9(20-13)4-3-7-17/h2,5-6,8,17H,7H2,1H3,(H,15,16,18). The SMILES string of the molecule is COc1ncccc1C(=O)Nc1ncc(C#CCO)s1. The summed E-state index contributed by atoms with van der Waals surface area (Å²) in [6, 6.07) is 3.26. The number of aliphatic hydroxyl groups is 1. The van der Waals surface area contributed by atoms with Gasteiger partial charge in [0, 0.05) is 6.20 Å². The highest BCUT2D eigenvalue weighted by Gasteiger charge is 2.14. The van der Waals surface area contributed by atoms with Gasteiger partial charge in [-0.05, 0) is 12.1 Å². The van der Waals surface area contributed by atoms with E-state index in [9.17, 15) is 4.79 Å². The zero-order chi connectivity index (χ0) is 14.4. The number of ether oxygens (including phenoxy) is 1. The summed E-state index contributed by atoms with van der Waals surface area (Å²) in [5.74, 6) is 5.13. The second-order valence-corrected chi connectivity index (χ2v) is 4.53. The average molecular weight is 289 g/mol. The van der Waals surface area contributed by atoms with Crippen molar-refractivity contribution in [3.05, 3.63) is 35.0 Å². The molecule has 0 aliphatic heterocycles. The molecule has 20 heavy (non-hydrogen) atoms. The Morgan fingerprint density at radius 2 is 2.40 bits per heavy atom. The normalized spacial score (nSPS) is 9.50. The minimum atomic E-state index is -0.356. The van der Waals surface area contributed by atoms with E-state index in [1.54, 1.807) is 18.3 Å². The van der Waals surface area contributed by atoms with Crippen LogP contribution in [0.3, 0.4) is 0 Å². The fourth-order valence-electron chi connectivity index (χ4n) is 1.41. The number of amides is 1. The molecule has 0 radical (unpaired) electrons. The van der Waals surface area contributed by atoms with Crippen LogP contribution in [0.25, 0.3) is 0 Å². The lowest BCUT2D eigenvalue weighted by Crippen LogP contribution is -2.13. The Balaban J connectivity index is 2.13. The monoisotopic (exact) mass is 289 g/mol. The zero-order valence-electron chi connectivity index (χ0n) is 10.6. The second-order valence-electron chi connectivity index (χ2n) is 3.50. The number of aromatic nitrogens is 2. The number of nitrogens with one attached hydrogen (secondary N) is 1. The number of methoxy groups -OCH3 is 1. The fourth-order valence-corrected chi connectivity index (χ4v) is 2.09. The van der Waals surface area contributed by atoms with Crippen molar-refractivity contribution in [3.63, 3.8) is 0 Å². The molecule has 0 aromatic carbocycles. The summed E-state index contributed by atoms with van der Waals surface area (Å²) in [5.41, 5.74) is 0.327. The highest BCUT2D eigenvalue weighted by atomic mass is 32.1. The van der Waals surface area contributed by atoms with Crippen LogP contribution in [-0.4, -0.2) is 34.7 Å². The van der Waals surface area contributed by atoms with E-state index in [4.69, 9.17) is 9.84 Å². The van der Waals surface area contributed by atoms with Crippen molar-refractivity contribution in [3.8, 4) is 17.7 Å². The topological polar surface area (TPSA) is 84.3 Å². The first-order chi connectivity index (χ1) is 9.74. The van der Waals surface area contributed by atoms with Crippen LogP contribution >= 0.6 is 11.3 Å². The quantitative estimate of drug-likeness (QED) is 0.828. The Morgan fingerprint density at radius 1 is 1.55 bits per heavy atom. The summed E-state index contributed by atoms with van der Waals surface area (Å²) in [5, 5.41) is 11.7. The van der Waals surface area contributed by atoms with Crippen LogP contribution in [0.15, 0.2) is 24.5 Å². The molecule has 0 fully saturated rings. The van der Waals surface area contributed by atoms with Gasteiger partial charge in [-0.25, -0.2) is 9.97 Å². The predicted octanol–water partition coefficient (Wildman–Crippen LogP) is 1.14. The molecule has 0 atom stereocenters. The molecule has 0 unspecified atom stereocenters. The molecule has 0 aliphatic rings. The molecule has 2 rings (SSSR count).